The number of ether oxygens (including phenoxy) is 1. The molecule has 1 heterocycles. The lowest BCUT2D eigenvalue weighted by atomic mass is 9.98. The number of hydrogen-bond donors (Lipinski definition) is 3. The number of benzene rings is 2. The maximum atomic E-state index is 12.5. The van der Waals surface area contributed by atoms with E-state index in [1.54, 1.807) is 14.0 Å². The number of fused-ring (bicyclic) bond motifs is 3. The van der Waals surface area contributed by atoms with Crippen molar-refractivity contribution in [3.8, 4) is 11.1 Å². The standard InChI is InChI=1S/C25H26N4O5/c1-3-15(12-23(30)31)26-24(32)21-13-22(29(2)28-21)27-25(33)34-14-20-18-10-6-4-8-16(18)17-9-5-7-11-19(17)20/h4-11,13,15,20H,3,12,14H2,1-2H3,(H,26,32)(H,27,33)(H,30,31). The fourth-order valence-corrected chi connectivity index (χ4v) is 4.20. The molecule has 0 saturated heterocycles. The van der Waals surface area contributed by atoms with Crippen LogP contribution in [0.5, 0.6) is 0 Å². The Hall–Kier alpha value is -4.14. The Labute approximate surface area is 196 Å². The summed E-state index contributed by atoms with van der Waals surface area (Å²) in [6.45, 7) is 1.95. The quantitative estimate of drug-likeness (QED) is 0.468. The molecule has 0 aliphatic heterocycles. The minimum absolute atomic E-state index is 0.0637. The molecule has 0 fully saturated rings. The SMILES string of the molecule is CCC(CC(=O)O)NC(=O)c1cc(NC(=O)OCC2c3ccccc3-c3ccccc32)n(C)n1. The maximum absolute atomic E-state index is 12.5. The molecule has 0 radical (unpaired) electrons. The summed E-state index contributed by atoms with van der Waals surface area (Å²) in [4.78, 5) is 35.9. The molecule has 0 saturated carbocycles. The van der Waals surface area contributed by atoms with Crippen molar-refractivity contribution in [3.05, 3.63) is 71.4 Å². The number of rotatable bonds is 8. The topological polar surface area (TPSA) is 123 Å². The lowest BCUT2D eigenvalue weighted by Gasteiger charge is -2.14. The number of carbonyl (C=O) groups excluding carboxylic acids is 2. The first kappa shape index (κ1) is 23.0. The highest BCUT2D eigenvalue weighted by molar-refractivity contribution is 5.94. The van der Waals surface area contributed by atoms with E-state index >= 15 is 0 Å². The van der Waals surface area contributed by atoms with Crippen LogP contribution in [-0.4, -0.2) is 45.5 Å². The van der Waals surface area contributed by atoms with Crippen LogP contribution in [0.25, 0.3) is 11.1 Å². The highest BCUT2D eigenvalue weighted by Crippen LogP contribution is 2.44. The Balaban J connectivity index is 1.39. The summed E-state index contributed by atoms with van der Waals surface area (Å²) in [5, 5.41) is 18.3. The van der Waals surface area contributed by atoms with Gasteiger partial charge in [0.25, 0.3) is 5.91 Å². The van der Waals surface area contributed by atoms with Gasteiger partial charge >= 0.3 is 12.1 Å². The number of carbonyl (C=O) groups is 3. The van der Waals surface area contributed by atoms with E-state index in [2.05, 4.69) is 27.9 Å². The molecular formula is C25H26N4O5. The van der Waals surface area contributed by atoms with Crippen LogP contribution in [0.15, 0.2) is 54.6 Å². The van der Waals surface area contributed by atoms with E-state index in [-0.39, 0.29) is 30.5 Å². The fourth-order valence-electron chi connectivity index (χ4n) is 4.20. The van der Waals surface area contributed by atoms with Crippen molar-refractivity contribution in [1.29, 1.82) is 0 Å². The van der Waals surface area contributed by atoms with Gasteiger partial charge in [-0.25, -0.2) is 4.79 Å². The number of aryl methyl sites for hydroxylation is 1. The lowest BCUT2D eigenvalue weighted by molar-refractivity contribution is -0.137. The van der Waals surface area contributed by atoms with Crippen molar-refractivity contribution in [2.24, 2.45) is 7.05 Å². The molecule has 176 valence electrons. The molecule has 1 aromatic heterocycles. The van der Waals surface area contributed by atoms with Crippen LogP contribution in [0.2, 0.25) is 0 Å². The van der Waals surface area contributed by atoms with E-state index in [0.717, 1.165) is 22.3 Å². The second-order valence-corrected chi connectivity index (χ2v) is 8.17. The molecule has 0 spiro atoms. The van der Waals surface area contributed by atoms with Gasteiger partial charge in [-0.2, -0.15) is 5.10 Å². The summed E-state index contributed by atoms with van der Waals surface area (Å²) < 4.78 is 6.89. The van der Waals surface area contributed by atoms with Crippen molar-refractivity contribution in [1.82, 2.24) is 15.1 Å². The highest BCUT2D eigenvalue weighted by Gasteiger charge is 2.29. The average Bonchev–Trinajstić information content (AvgIpc) is 3.34. The molecule has 9 heteroatoms. The predicted molar refractivity (Wildman–Crippen MR) is 126 cm³/mol. The summed E-state index contributed by atoms with van der Waals surface area (Å²) in [6.07, 6.45) is -0.371. The fraction of sp³-hybridized carbons (Fsp3) is 0.280. The number of aromatic nitrogens is 2. The van der Waals surface area contributed by atoms with E-state index in [4.69, 9.17) is 9.84 Å². The highest BCUT2D eigenvalue weighted by atomic mass is 16.5. The molecule has 9 nitrogen and oxygen atoms in total. The Morgan fingerprint density at radius 3 is 2.29 bits per heavy atom. The van der Waals surface area contributed by atoms with Crippen molar-refractivity contribution in [2.45, 2.75) is 31.7 Å². The molecule has 1 aliphatic carbocycles. The van der Waals surface area contributed by atoms with Gasteiger partial charge in [-0.1, -0.05) is 55.5 Å². The summed E-state index contributed by atoms with van der Waals surface area (Å²) >= 11 is 0. The number of nitrogens with zero attached hydrogens (tertiary/aromatic N) is 2. The van der Waals surface area contributed by atoms with Gasteiger partial charge in [0.05, 0.1) is 6.42 Å². The van der Waals surface area contributed by atoms with Gasteiger partial charge in [0.1, 0.15) is 12.4 Å². The summed E-state index contributed by atoms with van der Waals surface area (Å²) in [6, 6.07) is 17.1. The number of hydrogen-bond acceptors (Lipinski definition) is 5. The monoisotopic (exact) mass is 462 g/mol. The van der Waals surface area contributed by atoms with Gasteiger partial charge in [-0.05, 0) is 28.7 Å². The molecule has 3 N–H and O–H groups in total. The van der Waals surface area contributed by atoms with Crippen LogP contribution in [0.1, 0.15) is 47.3 Å². The van der Waals surface area contributed by atoms with Gasteiger partial charge in [0, 0.05) is 25.1 Å². The molecule has 1 unspecified atom stereocenters. The van der Waals surface area contributed by atoms with Crippen molar-refractivity contribution in [3.63, 3.8) is 0 Å². The zero-order valence-electron chi connectivity index (χ0n) is 18.9. The summed E-state index contributed by atoms with van der Waals surface area (Å²) in [5.74, 6) is -1.28. The first-order valence-electron chi connectivity index (χ1n) is 11.1. The van der Waals surface area contributed by atoms with E-state index in [1.807, 2.05) is 36.4 Å². The summed E-state index contributed by atoms with van der Waals surface area (Å²) in [7, 11) is 1.59. The first-order valence-corrected chi connectivity index (χ1v) is 11.1. The van der Waals surface area contributed by atoms with E-state index in [9.17, 15) is 14.4 Å². The Kier molecular flexibility index (Phi) is 6.62. The van der Waals surface area contributed by atoms with Crippen molar-refractivity contribution in [2.75, 3.05) is 11.9 Å². The number of nitrogens with one attached hydrogen (secondary N) is 2. The van der Waals surface area contributed by atoms with Gasteiger partial charge in [-0.3, -0.25) is 19.6 Å². The van der Waals surface area contributed by atoms with Crippen molar-refractivity contribution < 1.29 is 24.2 Å². The van der Waals surface area contributed by atoms with Crippen LogP contribution >= 0.6 is 0 Å². The van der Waals surface area contributed by atoms with Gasteiger partial charge in [0.15, 0.2) is 5.69 Å². The normalized spacial score (nSPS) is 13.0. The molecule has 4 rings (SSSR count). The molecule has 0 bridgehead atoms. The van der Waals surface area contributed by atoms with Gasteiger partial charge in [0.2, 0.25) is 0 Å². The molecule has 2 amide bonds. The van der Waals surface area contributed by atoms with Gasteiger partial charge in [-0.15, -0.1) is 0 Å². The molecular weight excluding hydrogens is 436 g/mol. The molecule has 1 atom stereocenters. The zero-order chi connectivity index (χ0) is 24.2. The van der Waals surface area contributed by atoms with Crippen LogP contribution in [0.3, 0.4) is 0 Å². The molecule has 1 aliphatic rings. The average molecular weight is 463 g/mol. The molecule has 3 aromatic rings. The maximum Gasteiger partial charge on any atom is 0.412 e. The number of aliphatic carboxylic acids is 1. The van der Waals surface area contributed by atoms with Crippen molar-refractivity contribution >= 4 is 23.8 Å². The second kappa shape index (κ2) is 9.78. The Morgan fingerprint density at radius 1 is 1.09 bits per heavy atom. The van der Waals surface area contributed by atoms with E-state index in [1.165, 1.54) is 10.7 Å². The smallest absolute Gasteiger partial charge is 0.412 e. The Bertz CT molecular complexity index is 1190. The molecule has 34 heavy (non-hydrogen) atoms. The van der Waals surface area contributed by atoms with Crippen LogP contribution < -0.4 is 10.6 Å². The molecule has 2 aromatic carbocycles. The van der Waals surface area contributed by atoms with E-state index < -0.39 is 24.0 Å². The minimum Gasteiger partial charge on any atom is -0.481 e. The largest absolute Gasteiger partial charge is 0.481 e. The third-order valence-corrected chi connectivity index (χ3v) is 5.94. The zero-order valence-corrected chi connectivity index (χ0v) is 18.9. The third kappa shape index (κ3) is 4.78. The van der Waals surface area contributed by atoms with E-state index in [0.29, 0.717) is 6.42 Å². The third-order valence-electron chi connectivity index (χ3n) is 5.94. The Morgan fingerprint density at radius 2 is 1.71 bits per heavy atom. The minimum atomic E-state index is -0.995. The number of carboxylic acids is 1. The summed E-state index contributed by atoms with van der Waals surface area (Å²) in [5.41, 5.74) is 4.58. The van der Waals surface area contributed by atoms with Gasteiger partial charge < -0.3 is 15.2 Å². The predicted octanol–water partition coefficient (Wildman–Crippen LogP) is 3.76. The number of amides is 2. The number of carboxylic acid groups (broad SMARTS) is 1. The lowest BCUT2D eigenvalue weighted by Crippen LogP contribution is -2.36. The number of anilines is 1. The van der Waals surface area contributed by atoms with Crippen LogP contribution in [0.4, 0.5) is 10.6 Å². The van der Waals surface area contributed by atoms with Crippen LogP contribution in [-0.2, 0) is 16.6 Å². The van der Waals surface area contributed by atoms with Crippen LogP contribution in [0, 0.1) is 0 Å². The first-order chi connectivity index (χ1) is 16.4. The second-order valence-electron chi connectivity index (χ2n) is 8.17.